The third-order valence-electron chi connectivity index (χ3n) is 3.83. The van der Waals surface area contributed by atoms with E-state index in [1.807, 2.05) is 12.1 Å². The molecule has 0 spiro atoms. The molecule has 5 nitrogen and oxygen atoms in total. The number of nitrogen functional groups attached to an aromatic ring is 1. The van der Waals surface area contributed by atoms with Crippen LogP contribution in [0.3, 0.4) is 0 Å². The van der Waals surface area contributed by atoms with Gasteiger partial charge in [-0.3, -0.25) is 4.79 Å². The van der Waals surface area contributed by atoms with Crippen molar-refractivity contribution >= 4 is 22.4 Å². The number of nitrogens with zero attached hydrogens (tertiary/aromatic N) is 1. The van der Waals surface area contributed by atoms with Crippen molar-refractivity contribution in [1.29, 1.82) is 0 Å². The highest BCUT2D eigenvalue weighted by Gasteiger charge is 2.05. The van der Waals surface area contributed by atoms with E-state index >= 15 is 0 Å². The van der Waals surface area contributed by atoms with E-state index in [1.54, 1.807) is 13.0 Å². The van der Waals surface area contributed by atoms with Gasteiger partial charge < -0.3 is 16.0 Å². The molecule has 0 radical (unpaired) electrons. The summed E-state index contributed by atoms with van der Waals surface area (Å²) in [6.45, 7) is 2.52. The molecule has 0 fully saturated rings. The molecule has 0 aliphatic rings. The van der Waals surface area contributed by atoms with Crippen LogP contribution in [0, 0.1) is 6.92 Å². The molecule has 3 rings (SSSR count). The van der Waals surface area contributed by atoms with Crippen molar-refractivity contribution in [3.63, 3.8) is 0 Å². The van der Waals surface area contributed by atoms with Gasteiger partial charge in [0.25, 0.3) is 5.56 Å². The Morgan fingerprint density at radius 3 is 2.78 bits per heavy atom. The van der Waals surface area contributed by atoms with Gasteiger partial charge in [-0.2, -0.15) is 0 Å². The van der Waals surface area contributed by atoms with Gasteiger partial charge in [-0.05, 0) is 37.5 Å². The van der Waals surface area contributed by atoms with Crippen LogP contribution >= 0.6 is 0 Å². The highest BCUT2D eigenvalue weighted by atomic mass is 16.1. The van der Waals surface area contributed by atoms with Crippen LogP contribution in [0.4, 0.5) is 11.4 Å². The number of fused-ring (bicyclic) bond motifs is 1. The lowest BCUT2D eigenvalue weighted by Gasteiger charge is -2.11. The molecular weight excluding hydrogens is 288 g/mol. The number of aromatic amines is 1. The van der Waals surface area contributed by atoms with E-state index in [2.05, 4.69) is 39.6 Å². The zero-order valence-corrected chi connectivity index (χ0v) is 13.1. The minimum Gasteiger partial charge on any atom is -0.397 e. The Kier molecular flexibility index (Phi) is 4.28. The molecule has 0 aliphatic carbocycles. The van der Waals surface area contributed by atoms with E-state index in [1.165, 1.54) is 5.56 Å². The number of nitrogens with one attached hydrogen (secondary N) is 2. The third kappa shape index (κ3) is 3.51. The van der Waals surface area contributed by atoms with Crippen LogP contribution < -0.4 is 16.6 Å². The number of anilines is 2. The Hall–Kier alpha value is -2.82. The number of hydrogen-bond donors (Lipinski definition) is 3. The highest BCUT2D eigenvalue weighted by molar-refractivity contribution is 5.86. The van der Waals surface area contributed by atoms with Crippen LogP contribution in [-0.4, -0.2) is 16.5 Å². The van der Waals surface area contributed by atoms with Gasteiger partial charge in [-0.1, -0.05) is 30.3 Å². The molecular formula is C18H20N4O. The maximum absolute atomic E-state index is 11.6. The van der Waals surface area contributed by atoms with Crippen LogP contribution in [0.5, 0.6) is 0 Å². The smallest absolute Gasteiger partial charge is 0.269 e. The molecule has 5 heteroatoms. The molecule has 0 aliphatic heterocycles. The van der Waals surface area contributed by atoms with Crippen LogP contribution in [-0.2, 0) is 6.42 Å². The molecule has 3 aromatic rings. The summed E-state index contributed by atoms with van der Waals surface area (Å²) in [5.41, 5.74) is 10.5. The number of H-pyrrole nitrogens is 1. The first-order valence-electron chi connectivity index (χ1n) is 7.71. The molecule has 0 unspecified atom stereocenters. The largest absolute Gasteiger partial charge is 0.397 e. The van der Waals surface area contributed by atoms with Gasteiger partial charge in [0, 0.05) is 6.54 Å². The zero-order valence-electron chi connectivity index (χ0n) is 13.1. The molecule has 0 saturated heterocycles. The van der Waals surface area contributed by atoms with Crippen LogP contribution in [0.2, 0.25) is 0 Å². The Bertz CT molecular complexity index is 871. The van der Waals surface area contributed by atoms with Gasteiger partial charge in [0.1, 0.15) is 5.69 Å². The molecule has 0 bridgehead atoms. The second-order valence-electron chi connectivity index (χ2n) is 5.62. The molecule has 1 heterocycles. The van der Waals surface area contributed by atoms with Crippen molar-refractivity contribution < 1.29 is 0 Å². The molecule has 0 saturated carbocycles. The van der Waals surface area contributed by atoms with E-state index < -0.39 is 0 Å². The molecule has 4 N–H and O–H groups in total. The lowest BCUT2D eigenvalue weighted by molar-refractivity contribution is 0.863. The normalized spacial score (nSPS) is 10.8. The lowest BCUT2D eigenvalue weighted by atomic mass is 10.1. The molecule has 2 aromatic carbocycles. The van der Waals surface area contributed by atoms with Gasteiger partial charge in [0.2, 0.25) is 0 Å². The Morgan fingerprint density at radius 1 is 1.22 bits per heavy atom. The monoisotopic (exact) mass is 308 g/mol. The predicted molar refractivity (Wildman–Crippen MR) is 94.8 cm³/mol. The fraction of sp³-hybridized carbons (Fsp3) is 0.222. The number of rotatable bonds is 5. The maximum Gasteiger partial charge on any atom is 0.269 e. The Morgan fingerprint density at radius 2 is 2.00 bits per heavy atom. The highest BCUT2D eigenvalue weighted by Crippen LogP contribution is 2.23. The fourth-order valence-electron chi connectivity index (χ4n) is 2.56. The second-order valence-corrected chi connectivity index (χ2v) is 5.62. The summed E-state index contributed by atoms with van der Waals surface area (Å²) in [7, 11) is 0. The van der Waals surface area contributed by atoms with Crippen molar-refractivity contribution in [2.45, 2.75) is 19.8 Å². The van der Waals surface area contributed by atoms with Gasteiger partial charge in [0.15, 0.2) is 0 Å². The van der Waals surface area contributed by atoms with E-state index in [9.17, 15) is 4.79 Å². The average Bonchev–Trinajstić information content (AvgIpc) is 2.55. The fourth-order valence-corrected chi connectivity index (χ4v) is 2.56. The number of aryl methyl sites for hydroxylation is 2. The SMILES string of the molecule is Cc1nc2cc(NCCCc3ccccc3)c(N)cc2[nH]c1=O. The van der Waals surface area contributed by atoms with Gasteiger partial charge in [-0.25, -0.2) is 4.98 Å². The topological polar surface area (TPSA) is 83.8 Å². The van der Waals surface area contributed by atoms with Crippen LogP contribution in [0.15, 0.2) is 47.3 Å². The molecule has 118 valence electrons. The lowest BCUT2D eigenvalue weighted by Crippen LogP contribution is -2.12. The summed E-state index contributed by atoms with van der Waals surface area (Å²) in [5, 5.41) is 3.35. The zero-order chi connectivity index (χ0) is 16.2. The van der Waals surface area contributed by atoms with E-state index in [-0.39, 0.29) is 5.56 Å². The predicted octanol–water partition coefficient (Wildman–Crippen LogP) is 2.86. The summed E-state index contributed by atoms with van der Waals surface area (Å²) in [6, 6.07) is 14.0. The summed E-state index contributed by atoms with van der Waals surface area (Å²) in [4.78, 5) is 18.7. The summed E-state index contributed by atoms with van der Waals surface area (Å²) in [5.74, 6) is 0. The van der Waals surface area contributed by atoms with E-state index in [0.29, 0.717) is 16.9 Å². The first kappa shape index (κ1) is 15.1. The second kappa shape index (κ2) is 6.52. The minimum absolute atomic E-state index is 0.180. The molecule has 0 amide bonds. The maximum atomic E-state index is 11.6. The molecule has 0 atom stereocenters. The van der Waals surface area contributed by atoms with E-state index in [0.717, 1.165) is 30.6 Å². The number of aromatic nitrogens is 2. The number of hydrogen-bond acceptors (Lipinski definition) is 4. The van der Waals surface area contributed by atoms with Crippen molar-refractivity contribution in [2.75, 3.05) is 17.6 Å². The van der Waals surface area contributed by atoms with Crippen LogP contribution in [0.25, 0.3) is 11.0 Å². The van der Waals surface area contributed by atoms with Gasteiger partial charge in [0.05, 0.1) is 22.4 Å². The summed E-state index contributed by atoms with van der Waals surface area (Å²) < 4.78 is 0. The van der Waals surface area contributed by atoms with E-state index in [4.69, 9.17) is 5.73 Å². The quantitative estimate of drug-likeness (QED) is 0.500. The summed E-state index contributed by atoms with van der Waals surface area (Å²) in [6.07, 6.45) is 2.03. The standard InChI is InChI=1S/C18H20N4O/c1-12-18(23)22-16-10-14(19)15(11-17(16)21-12)20-9-5-8-13-6-3-2-4-7-13/h2-4,6-7,10-11,20H,5,8-9,19H2,1H3,(H,22,23). The summed E-state index contributed by atoms with van der Waals surface area (Å²) >= 11 is 0. The number of benzene rings is 2. The van der Waals surface area contributed by atoms with Gasteiger partial charge in [-0.15, -0.1) is 0 Å². The van der Waals surface area contributed by atoms with Crippen molar-refractivity contribution in [3.8, 4) is 0 Å². The minimum atomic E-state index is -0.180. The van der Waals surface area contributed by atoms with Crippen molar-refractivity contribution in [2.24, 2.45) is 0 Å². The average molecular weight is 308 g/mol. The number of nitrogens with two attached hydrogens (primary N) is 1. The Labute approximate surface area is 134 Å². The van der Waals surface area contributed by atoms with Crippen molar-refractivity contribution in [3.05, 3.63) is 64.1 Å². The molecule has 23 heavy (non-hydrogen) atoms. The Balaban J connectivity index is 1.69. The van der Waals surface area contributed by atoms with Crippen molar-refractivity contribution in [1.82, 2.24) is 9.97 Å². The van der Waals surface area contributed by atoms with Crippen LogP contribution in [0.1, 0.15) is 17.7 Å². The third-order valence-corrected chi connectivity index (χ3v) is 3.83. The first-order chi connectivity index (χ1) is 11.1. The molecule has 1 aromatic heterocycles. The van der Waals surface area contributed by atoms with Gasteiger partial charge >= 0.3 is 0 Å². The first-order valence-corrected chi connectivity index (χ1v) is 7.71.